The minimum atomic E-state index is -0.145. The summed E-state index contributed by atoms with van der Waals surface area (Å²) in [4.78, 5) is 7.79. The molecular weight excluding hydrogens is 1090 g/mol. The zero-order valence-corrected chi connectivity index (χ0v) is 53.0. The van der Waals surface area contributed by atoms with Crippen LogP contribution in [-0.2, 0) is 16.2 Å². The van der Waals surface area contributed by atoms with Gasteiger partial charge in [-0.1, -0.05) is 244 Å². The van der Waals surface area contributed by atoms with Crippen LogP contribution in [0.3, 0.4) is 0 Å². The van der Waals surface area contributed by atoms with Crippen molar-refractivity contribution in [1.29, 1.82) is 0 Å². The summed E-state index contributed by atoms with van der Waals surface area (Å²) in [5.41, 5.74) is 23.7. The molecule has 0 bridgehead atoms. The highest BCUT2D eigenvalue weighted by molar-refractivity contribution is 7.33. The molecule has 0 N–H and O–H groups in total. The van der Waals surface area contributed by atoms with Gasteiger partial charge in [0.2, 0.25) is 0 Å². The first-order valence-electron chi connectivity index (χ1n) is 31.5. The highest BCUT2D eigenvalue weighted by atomic mass is 32.1. The number of nitrogens with zero attached hydrogens (tertiary/aromatic N) is 3. The van der Waals surface area contributed by atoms with Crippen molar-refractivity contribution in [2.45, 2.75) is 78.6 Å². The van der Waals surface area contributed by atoms with E-state index in [-0.39, 0.29) is 23.0 Å². The summed E-state index contributed by atoms with van der Waals surface area (Å²) >= 11 is 1.97. The van der Waals surface area contributed by atoms with Crippen LogP contribution in [-0.4, -0.2) is 6.71 Å². The quantitative estimate of drug-likeness (QED) is 0.111. The monoisotopic (exact) mass is 1160 g/mol. The first-order valence-corrected chi connectivity index (χ1v) is 32.3. The second-order valence-electron chi connectivity index (χ2n) is 27.7. The van der Waals surface area contributed by atoms with Crippen LogP contribution in [0.25, 0.3) is 75.8 Å². The molecule has 0 unspecified atom stereocenters. The third kappa shape index (κ3) is 8.99. The number of fused-ring (bicyclic) bond motifs is 6. The predicted octanol–water partition coefficient (Wildman–Crippen LogP) is 22.2. The second kappa shape index (κ2) is 20.5. The van der Waals surface area contributed by atoms with Crippen LogP contribution < -0.4 is 30.4 Å². The largest absolute Gasteiger partial charge is 0.311 e. The molecule has 0 saturated carbocycles. The average Bonchev–Trinajstić information content (AvgIpc) is 1.69. The molecule has 5 heteroatoms. The molecule has 0 radical (unpaired) electrons. The van der Waals surface area contributed by atoms with Gasteiger partial charge in [-0.3, -0.25) is 0 Å². The number of rotatable bonds is 8. The van der Waals surface area contributed by atoms with Crippen LogP contribution in [0.2, 0.25) is 0 Å². The highest BCUT2D eigenvalue weighted by Crippen LogP contribution is 2.54. The summed E-state index contributed by atoms with van der Waals surface area (Å²) < 4.78 is 2.63. The lowest BCUT2D eigenvalue weighted by molar-refractivity contribution is 0.590. The Balaban J connectivity index is 1.07. The summed E-state index contributed by atoms with van der Waals surface area (Å²) in [5, 5.41) is 8.95. The molecule has 1 aromatic heterocycles. The van der Waals surface area contributed by atoms with Gasteiger partial charge in [0.05, 0.1) is 17.1 Å². The van der Waals surface area contributed by atoms with Gasteiger partial charge < -0.3 is 14.7 Å². The maximum Gasteiger partial charge on any atom is 0.264 e. The van der Waals surface area contributed by atoms with E-state index in [4.69, 9.17) is 0 Å². The molecule has 16 rings (SSSR count). The lowest BCUT2D eigenvalue weighted by Crippen LogP contribution is -2.60. The molecule has 0 spiro atoms. The van der Waals surface area contributed by atoms with Gasteiger partial charge in [0.25, 0.3) is 6.71 Å². The van der Waals surface area contributed by atoms with E-state index in [0.717, 1.165) is 39.8 Å². The lowest BCUT2D eigenvalue weighted by atomic mass is 9.36. The molecule has 13 aromatic carbocycles. The van der Waals surface area contributed by atoms with Gasteiger partial charge in [-0.2, -0.15) is 0 Å². The van der Waals surface area contributed by atoms with E-state index in [1.165, 1.54) is 120 Å². The molecule has 14 aromatic rings. The van der Waals surface area contributed by atoms with Gasteiger partial charge in [0.1, 0.15) is 0 Å². The number of anilines is 9. The molecule has 2 aliphatic rings. The summed E-state index contributed by atoms with van der Waals surface area (Å²) in [5.74, 6) is 0. The van der Waals surface area contributed by atoms with Gasteiger partial charge in [-0.25, -0.2) is 0 Å². The van der Waals surface area contributed by atoms with E-state index in [1.54, 1.807) is 0 Å². The van der Waals surface area contributed by atoms with E-state index >= 15 is 0 Å². The van der Waals surface area contributed by atoms with Crippen LogP contribution in [0.1, 0.15) is 79.0 Å². The molecule has 0 atom stereocenters. The van der Waals surface area contributed by atoms with E-state index in [0.29, 0.717) is 0 Å². The molecule has 0 fully saturated rings. The Labute approximate surface area is 528 Å². The normalized spacial score (nSPS) is 13.2. The molecular formula is C84H70BN3S. The van der Waals surface area contributed by atoms with Crippen LogP contribution in [0.15, 0.2) is 261 Å². The Morgan fingerprint density at radius 3 is 1.54 bits per heavy atom. The SMILES string of the molecule is CC(C)(C)c1ccc(N2c3cc(N(c4ccccc4)c4ccccc4)cc4c3B(c3cc(-c5ccccc5-c5ccccc5)ccc3N4c3ccc(C(C)(C)C)cc3-c3ccc4ccc5cccc6ccc3c4c56)c3sc4ccc(C(C)(C)C)cc4c32)cc1. The van der Waals surface area contributed by atoms with Crippen molar-refractivity contribution in [2.24, 2.45) is 0 Å². The van der Waals surface area contributed by atoms with Crippen molar-refractivity contribution < 1.29 is 0 Å². The van der Waals surface area contributed by atoms with E-state index < -0.39 is 0 Å². The number of thiophene rings is 1. The molecule has 89 heavy (non-hydrogen) atoms. The van der Waals surface area contributed by atoms with Crippen LogP contribution in [0.5, 0.6) is 0 Å². The van der Waals surface area contributed by atoms with Crippen molar-refractivity contribution in [3.05, 3.63) is 278 Å². The first-order chi connectivity index (χ1) is 43.0. The van der Waals surface area contributed by atoms with Gasteiger partial charge >= 0.3 is 0 Å². The van der Waals surface area contributed by atoms with Crippen LogP contribution in [0, 0.1) is 0 Å². The summed E-state index contributed by atoms with van der Waals surface area (Å²) in [6.45, 7) is 20.9. The number of benzene rings is 13. The Bertz CT molecular complexity index is 5030. The second-order valence-corrected chi connectivity index (χ2v) is 28.8. The topological polar surface area (TPSA) is 9.72 Å². The highest BCUT2D eigenvalue weighted by Gasteiger charge is 2.47. The molecule has 3 nitrogen and oxygen atoms in total. The van der Waals surface area contributed by atoms with Crippen LogP contribution >= 0.6 is 11.3 Å². The lowest BCUT2D eigenvalue weighted by Gasteiger charge is -2.44. The van der Waals surface area contributed by atoms with Crippen molar-refractivity contribution in [1.82, 2.24) is 0 Å². The fourth-order valence-corrected chi connectivity index (χ4v) is 15.8. The van der Waals surface area contributed by atoms with E-state index in [1.807, 2.05) is 11.3 Å². The third-order valence-corrected chi connectivity index (χ3v) is 20.3. The Hall–Kier alpha value is -9.68. The maximum atomic E-state index is 2.67. The number of para-hydroxylation sites is 2. The minimum Gasteiger partial charge on any atom is -0.311 e. The van der Waals surface area contributed by atoms with Crippen molar-refractivity contribution >= 4 is 127 Å². The minimum absolute atomic E-state index is 0.0334. The Kier molecular flexibility index (Phi) is 12.6. The molecule has 430 valence electrons. The van der Waals surface area contributed by atoms with E-state index in [2.05, 4.69) is 338 Å². The predicted molar refractivity (Wildman–Crippen MR) is 387 cm³/mol. The summed E-state index contributed by atoms with van der Waals surface area (Å²) in [7, 11) is 0. The first kappa shape index (κ1) is 54.7. The molecule has 2 aliphatic heterocycles. The Morgan fingerprint density at radius 2 is 0.888 bits per heavy atom. The van der Waals surface area contributed by atoms with Gasteiger partial charge in [0, 0.05) is 54.6 Å². The van der Waals surface area contributed by atoms with Crippen molar-refractivity contribution in [3.63, 3.8) is 0 Å². The number of hydrogen-bond donors (Lipinski definition) is 0. The van der Waals surface area contributed by atoms with Crippen LogP contribution in [0.4, 0.5) is 51.2 Å². The molecule has 0 saturated heterocycles. The third-order valence-electron chi connectivity index (χ3n) is 19.0. The van der Waals surface area contributed by atoms with Crippen molar-refractivity contribution in [2.75, 3.05) is 14.7 Å². The van der Waals surface area contributed by atoms with Gasteiger partial charge in [-0.05, 0) is 183 Å². The zero-order valence-electron chi connectivity index (χ0n) is 52.2. The summed E-state index contributed by atoms with van der Waals surface area (Å²) in [6.07, 6.45) is 0. The Morgan fingerprint density at radius 1 is 0.348 bits per heavy atom. The summed E-state index contributed by atoms with van der Waals surface area (Å²) in [6, 6.07) is 99.3. The fraction of sp³-hybridized carbons (Fsp3) is 0.143. The maximum absolute atomic E-state index is 2.67. The average molecular weight is 1160 g/mol. The van der Waals surface area contributed by atoms with E-state index in [9.17, 15) is 0 Å². The number of hydrogen-bond acceptors (Lipinski definition) is 4. The van der Waals surface area contributed by atoms with Gasteiger partial charge in [0.15, 0.2) is 0 Å². The standard InChI is InChI=1S/C84H70BN3S/c1-82(2,3)58-37-41-63(42-38-58)87-74-51-64(86(61-26-15-11-16-27-61)62-28-17-12-18-29-62)52-75-79(74)85(81-80(87)70-50-60(84(7,8)9)40-47-76(70)89-81)71-48-57(66-31-20-19-30-65(66)53-22-13-10-14-23-53)36-45-73(71)88(75)72-46-39-59(83(4,5)6)49-69(72)67-43-34-56-33-32-54-24-21-25-55-35-44-68(67)78(56)77(54)55/h10-52H,1-9H3. The molecule has 0 aliphatic carbocycles. The smallest absolute Gasteiger partial charge is 0.264 e. The van der Waals surface area contributed by atoms with Gasteiger partial charge in [-0.15, -0.1) is 11.3 Å². The zero-order chi connectivity index (χ0) is 60.7. The fourth-order valence-electron chi connectivity index (χ4n) is 14.5. The van der Waals surface area contributed by atoms with Crippen molar-refractivity contribution in [3.8, 4) is 33.4 Å². The molecule has 3 heterocycles. The molecule has 0 amide bonds.